The highest BCUT2D eigenvalue weighted by Gasteiger charge is 2.21. The van der Waals surface area contributed by atoms with Crippen LogP contribution in [0.1, 0.15) is 31.7 Å². The van der Waals surface area contributed by atoms with Crippen molar-refractivity contribution in [2.75, 3.05) is 25.4 Å². The topological polar surface area (TPSA) is 58.3 Å². The zero-order valence-electron chi connectivity index (χ0n) is 16.3. The van der Waals surface area contributed by atoms with Crippen molar-refractivity contribution in [2.24, 2.45) is 4.99 Å². The molecular formula is C19H29IN6S. The Morgan fingerprint density at radius 1 is 1.33 bits per heavy atom. The van der Waals surface area contributed by atoms with Gasteiger partial charge in [0, 0.05) is 54.8 Å². The monoisotopic (exact) mass is 500 g/mol. The fourth-order valence-electron chi connectivity index (χ4n) is 3.12. The average molecular weight is 500 g/mol. The van der Waals surface area contributed by atoms with Crippen LogP contribution in [0, 0.1) is 6.92 Å². The molecule has 6 nitrogen and oxygen atoms in total. The molecule has 0 aromatic carbocycles. The summed E-state index contributed by atoms with van der Waals surface area (Å²) in [5.41, 5.74) is 1.10. The number of nitrogens with one attached hydrogen (secondary N) is 1. The lowest BCUT2D eigenvalue weighted by molar-refractivity contribution is 0.408. The second kappa shape index (κ2) is 10.9. The predicted octanol–water partition coefficient (Wildman–Crippen LogP) is 3.49. The maximum Gasteiger partial charge on any atom is 0.194 e. The summed E-state index contributed by atoms with van der Waals surface area (Å²) in [6.45, 7) is 9.96. The van der Waals surface area contributed by atoms with Gasteiger partial charge in [0.2, 0.25) is 0 Å². The van der Waals surface area contributed by atoms with Crippen LogP contribution in [-0.2, 0) is 6.54 Å². The largest absolute Gasteiger partial charge is 0.357 e. The molecule has 2 aromatic rings. The Balaban J connectivity index is 0.00000261. The zero-order chi connectivity index (χ0) is 18.4. The summed E-state index contributed by atoms with van der Waals surface area (Å²) in [5, 5.41) is 4.15. The van der Waals surface area contributed by atoms with Crippen molar-refractivity contribution in [1.29, 1.82) is 0 Å². The summed E-state index contributed by atoms with van der Waals surface area (Å²) < 4.78 is 2.02. The lowest BCUT2D eigenvalue weighted by Gasteiger charge is -2.34. The van der Waals surface area contributed by atoms with Crippen LogP contribution in [0.3, 0.4) is 0 Å². The van der Waals surface area contributed by atoms with Gasteiger partial charge in [0.25, 0.3) is 0 Å². The van der Waals surface area contributed by atoms with Gasteiger partial charge in [-0.3, -0.25) is 4.57 Å². The molecule has 3 rings (SSSR count). The normalized spacial score (nSPS) is 17.5. The van der Waals surface area contributed by atoms with E-state index in [2.05, 4.69) is 51.9 Å². The highest BCUT2D eigenvalue weighted by Crippen LogP contribution is 2.21. The van der Waals surface area contributed by atoms with Crippen molar-refractivity contribution >= 4 is 41.7 Å². The highest BCUT2D eigenvalue weighted by atomic mass is 127. The van der Waals surface area contributed by atoms with Crippen LogP contribution in [-0.4, -0.2) is 56.0 Å². The first kappa shape index (κ1) is 22.0. The fourth-order valence-corrected chi connectivity index (χ4v) is 4.30. The molecule has 1 atom stereocenters. The van der Waals surface area contributed by atoms with Gasteiger partial charge in [-0.25, -0.2) is 15.0 Å². The third-order valence-corrected chi connectivity index (χ3v) is 5.92. The van der Waals surface area contributed by atoms with E-state index in [1.807, 2.05) is 30.0 Å². The first-order valence-electron chi connectivity index (χ1n) is 9.32. The molecule has 3 heterocycles. The van der Waals surface area contributed by atoms with Crippen molar-refractivity contribution in [2.45, 2.75) is 39.0 Å². The van der Waals surface area contributed by atoms with Gasteiger partial charge < -0.3 is 10.2 Å². The molecule has 0 bridgehead atoms. The smallest absolute Gasteiger partial charge is 0.194 e. The Labute approximate surface area is 183 Å². The molecular weight excluding hydrogens is 471 g/mol. The van der Waals surface area contributed by atoms with Gasteiger partial charge in [-0.2, -0.15) is 11.8 Å². The molecule has 1 N–H and O–H groups in total. The van der Waals surface area contributed by atoms with Crippen LogP contribution in [0.4, 0.5) is 0 Å². The molecule has 2 aromatic heterocycles. The summed E-state index contributed by atoms with van der Waals surface area (Å²) in [5.74, 6) is 4.00. The SMILES string of the molecule is CCNC(=NCc1cccnc1-n1ccnc1C)N1CCSC(CC)C1.I. The number of imidazole rings is 1. The number of pyridine rings is 1. The summed E-state index contributed by atoms with van der Waals surface area (Å²) in [4.78, 5) is 16.2. The lowest BCUT2D eigenvalue weighted by Crippen LogP contribution is -2.48. The van der Waals surface area contributed by atoms with Gasteiger partial charge >= 0.3 is 0 Å². The number of aliphatic imine (C=N–C) groups is 1. The minimum Gasteiger partial charge on any atom is -0.357 e. The molecule has 0 amide bonds. The van der Waals surface area contributed by atoms with Crippen LogP contribution in [0.5, 0.6) is 0 Å². The summed E-state index contributed by atoms with van der Waals surface area (Å²) in [7, 11) is 0. The number of nitrogens with zero attached hydrogens (tertiary/aromatic N) is 5. The van der Waals surface area contributed by atoms with E-state index in [9.17, 15) is 0 Å². The Bertz CT molecular complexity index is 747. The third kappa shape index (κ3) is 5.60. The fraction of sp³-hybridized carbons (Fsp3) is 0.526. The maximum atomic E-state index is 4.92. The Morgan fingerprint density at radius 3 is 2.89 bits per heavy atom. The molecule has 1 saturated heterocycles. The molecule has 0 spiro atoms. The van der Waals surface area contributed by atoms with Gasteiger partial charge in [-0.15, -0.1) is 24.0 Å². The van der Waals surface area contributed by atoms with Gasteiger partial charge in [0.1, 0.15) is 11.6 Å². The van der Waals surface area contributed by atoms with Crippen molar-refractivity contribution in [3.63, 3.8) is 0 Å². The standard InChI is InChI=1S/C19H28N6S.HI/c1-4-17-14-24(11-12-26-17)19(20-5-2)23-13-16-7-6-8-22-18(16)25-10-9-21-15(25)3;/h6-10,17H,4-5,11-14H2,1-3H3,(H,20,23);1H. The van der Waals surface area contributed by atoms with E-state index in [0.29, 0.717) is 11.8 Å². The summed E-state index contributed by atoms with van der Waals surface area (Å²) >= 11 is 2.07. The van der Waals surface area contributed by atoms with Crippen LogP contribution >= 0.6 is 35.7 Å². The average Bonchev–Trinajstić information content (AvgIpc) is 3.11. The van der Waals surface area contributed by atoms with E-state index in [1.54, 1.807) is 6.20 Å². The van der Waals surface area contributed by atoms with Crippen LogP contribution in [0.15, 0.2) is 35.7 Å². The minimum absolute atomic E-state index is 0. The zero-order valence-corrected chi connectivity index (χ0v) is 19.4. The van der Waals surface area contributed by atoms with Crippen molar-refractivity contribution in [3.05, 3.63) is 42.1 Å². The second-order valence-corrected chi connectivity index (χ2v) is 7.76. The molecule has 1 unspecified atom stereocenters. The van der Waals surface area contributed by atoms with Gasteiger partial charge in [0.05, 0.1) is 6.54 Å². The molecule has 1 aliphatic rings. The van der Waals surface area contributed by atoms with Gasteiger partial charge in [0.15, 0.2) is 5.96 Å². The van der Waals surface area contributed by atoms with E-state index in [-0.39, 0.29) is 24.0 Å². The van der Waals surface area contributed by atoms with Crippen molar-refractivity contribution < 1.29 is 0 Å². The van der Waals surface area contributed by atoms with Crippen LogP contribution < -0.4 is 5.32 Å². The van der Waals surface area contributed by atoms with E-state index in [4.69, 9.17) is 4.99 Å². The summed E-state index contributed by atoms with van der Waals surface area (Å²) in [6, 6.07) is 4.06. The van der Waals surface area contributed by atoms with E-state index < -0.39 is 0 Å². The number of aryl methyl sites for hydroxylation is 1. The van der Waals surface area contributed by atoms with E-state index >= 15 is 0 Å². The number of guanidine groups is 1. The minimum atomic E-state index is 0. The van der Waals surface area contributed by atoms with E-state index in [0.717, 1.165) is 48.6 Å². The molecule has 0 aliphatic carbocycles. The summed E-state index contributed by atoms with van der Waals surface area (Å²) in [6.07, 6.45) is 6.77. The van der Waals surface area contributed by atoms with Gasteiger partial charge in [-0.05, 0) is 26.3 Å². The highest BCUT2D eigenvalue weighted by molar-refractivity contribution is 14.0. The molecule has 1 aliphatic heterocycles. The van der Waals surface area contributed by atoms with Crippen molar-refractivity contribution in [3.8, 4) is 5.82 Å². The molecule has 148 valence electrons. The quantitative estimate of drug-likeness (QED) is 0.387. The Kier molecular flexibility index (Phi) is 8.88. The Morgan fingerprint density at radius 2 is 2.19 bits per heavy atom. The molecule has 8 heteroatoms. The first-order valence-corrected chi connectivity index (χ1v) is 10.4. The Hall–Kier alpha value is -1.29. The third-order valence-electron chi connectivity index (χ3n) is 4.55. The predicted molar refractivity (Wildman–Crippen MR) is 124 cm³/mol. The lowest BCUT2D eigenvalue weighted by atomic mass is 10.2. The number of rotatable bonds is 5. The maximum absolute atomic E-state index is 4.92. The van der Waals surface area contributed by atoms with Crippen molar-refractivity contribution in [1.82, 2.24) is 24.8 Å². The van der Waals surface area contributed by atoms with E-state index in [1.165, 1.54) is 6.42 Å². The molecule has 0 radical (unpaired) electrons. The number of thioether (sulfide) groups is 1. The number of hydrogen-bond acceptors (Lipinski definition) is 4. The molecule has 0 saturated carbocycles. The number of halogens is 1. The molecule has 27 heavy (non-hydrogen) atoms. The number of hydrogen-bond donors (Lipinski definition) is 1. The second-order valence-electron chi connectivity index (χ2n) is 6.35. The van der Waals surface area contributed by atoms with Crippen LogP contribution in [0.2, 0.25) is 0 Å². The number of aromatic nitrogens is 3. The van der Waals surface area contributed by atoms with Gasteiger partial charge in [-0.1, -0.05) is 13.0 Å². The first-order chi connectivity index (χ1) is 12.7. The van der Waals surface area contributed by atoms with Crippen LogP contribution in [0.25, 0.3) is 5.82 Å². The molecule has 1 fully saturated rings.